The van der Waals surface area contributed by atoms with Gasteiger partial charge in [0.25, 0.3) is 5.91 Å². The van der Waals surface area contributed by atoms with Crippen molar-refractivity contribution < 1.29 is 38.9 Å². The molecule has 262 valence electrons. The maximum atomic E-state index is 13.4. The third kappa shape index (κ3) is 16.9. The minimum Gasteiger partial charge on any atom is -0.490 e. The number of nitrogens with two attached hydrogens (primary N) is 2. The summed E-state index contributed by atoms with van der Waals surface area (Å²) in [5, 5.41) is 23.4. The molecule has 0 aliphatic carbocycles. The molecule has 0 fully saturated rings. The number of carbonyl (C=O) groups is 5. The number of hydrogen-bond donors (Lipinski definition) is 5. The lowest BCUT2D eigenvalue weighted by Gasteiger charge is -2.30. The number of nitrogens with one attached hydrogen (secondary N) is 1. The Morgan fingerprint density at radius 3 is 2.04 bits per heavy atom. The Morgan fingerprint density at radius 2 is 1.51 bits per heavy atom. The number of unbranched alkanes of at least 4 members (excludes halogenated alkanes) is 8. The van der Waals surface area contributed by atoms with Crippen LogP contribution < -0.4 is 21.5 Å². The second kappa shape index (κ2) is 22.5. The summed E-state index contributed by atoms with van der Waals surface area (Å²) in [6, 6.07) is 5.31. The van der Waals surface area contributed by atoms with Gasteiger partial charge in [0.05, 0.1) is 12.3 Å². The maximum absolute atomic E-state index is 13.4. The van der Waals surface area contributed by atoms with E-state index in [0.717, 1.165) is 37.7 Å². The van der Waals surface area contributed by atoms with Crippen LogP contribution >= 0.6 is 0 Å². The van der Waals surface area contributed by atoms with Crippen molar-refractivity contribution in [3.05, 3.63) is 53.6 Å². The molecule has 47 heavy (non-hydrogen) atoms. The minimum atomic E-state index is -2.67. The lowest BCUT2D eigenvalue weighted by molar-refractivity contribution is -0.153. The van der Waals surface area contributed by atoms with Gasteiger partial charge in [-0.1, -0.05) is 75.3 Å². The summed E-state index contributed by atoms with van der Waals surface area (Å²) in [6.07, 6.45) is 14.2. The average Bonchev–Trinajstić information content (AvgIpc) is 2.99. The Kier molecular flexibility index (Phi) is 19.7. The SMILES string of the molecule is CCCCCCCC(=O)CCCCCC/C=C/[C@H](C(=O)N[C@@H](Cc1ccc(OCC=C(C)C)cc1)C(=O)O)[C@@](O)(CC(N)=O)C(N)=O. The van der Waals surface area contributed by atoms with Crippen LogP contribution in [0.5, 0.6) is 5.75 Å². The number of aliphatic hydroxyl groups is 1. The summed E-state index contributed by atoms with van der Waals surface area (Å²) in [6.45, 7) is 6.45. The van der Waals surface area contributed by atoms with Crippen molar-refractivity contribution >= 4 is 29.5 Å². The van der Waals surface area contributed by atoms with Gasteiger partial charge in [0.2, 0.25) is 11.8 Å². The third-order valence-electron chi connectivity index (χ3n) is 7.85. The number of primary amides is 2. The van der Waals surface area contributed by atoms with Gasteiger partial charge in [-0.2, -0.15) is 0 Å². The van der Waals surface area contributed by atoms with Gasteiger partial charge in [-0.25, -0.2) is 4.79 Å². The molecule has 0 aliphatic heterocycles. The van der Waals surface area contributed by atoms with Crippen LogP contribution in [0, 0.1) is 5.92 Å². The fourth-order valence-corrected chi connectivity index (χ4v) is 5.02. The highest BCUT2D eigenvalue weighted by atomic mass is 16.5. The lowest BCUT2D eigenvalue weighted by atomic mass is 9.82. The molecule has 0 unspecified atom stereocenters. The van der Waals surface area contributed by atoms with Gasteiger partial charge < -0.3 is 31.7 Å². The van der Waals surface area contributed by atoms with Gasteiger partial charge in [0.1, 0.15) is 24.2 Å². The van der Waals surface area contributed by atoms with Gasteiger partial charge in [0.15, 0.2) is 5.60 Å². The molecule has 11 nitrogen and oxygen atoms in total. The maximum Gasteiger partial charge on any atom is 0.326 e. The number of aliphatic carboxylic acids is 1. The summed E-state index contributed by atoms with van der Waals surface area (Å²) in [4.78, 5) is 61.6. The molecule has 0 spiro atoms. The van der Waals surface area contributed by atoms with Crippen molar-refractivity contribution in [1.82, 2.24) is 5.32 Å². The van der Waals surface area contributed by atoms with Crippen molar-refractivity contribution in [1.29, 1.82) is 0 Å². The summed E-state index contributed by atoms with van der Waals surface area (Å²) >= 11 is 0. The molecular formula is C36H55N3O8. The fourth-order valence-electron chi connectivity index (χ4n) is 5.02. The van der Waals surface area contributed by atoms with Gasteiger partial charge >= 0.3 is 5.97 Å². The zero-order valence-corrected chi connectivity index (χ0v) is 28.3. The molecule has 1 rings (SSSR count). The van der Waals surface area contributed by atoms with Crippen molar-refractivity contribution in [2.75, 3.05) is 6.61 Å². The van der Waals surface area contributed by atoms with E-state index in [1.54, 1.807) is 30.3 Å². The molecule has 3 amide bonds. The summed E-state index contributed by atoms with van der Waals surface area (Å²) < 4.78 is 5.62. The quantitative estimate of drug-likeness (QED) is 0.0698. The lowest BCUT2D eigenvalue weighted by Crippen LogP contribution is -2.58. The fraction of sp³-hybridized carbons (Fsp3) is 0.583. The van der Waals surface area contributed by atoms with E-state index in [1.165, 1.54) is 25.3 Å². The minimum absolute atomic E-state index is 0.0993. The number of ether oxygens (including phenoxy) is 1. The molecule has 3 atom stereocenters. The molecular weight excluding hydrogens is 602 g/mol. The number of ketones is 1. The molecule has 1 aromatic carbocycles. The van der Waals surface area contributed by atoms with E-state index in [0.29, 0.717) is 43.6 Å². The van der Waals surface area contributed by atoms with Crippen LogP contribution in [-0.4, -0.2) is 57.9 Å². The second-order valence-electron chi connectivity index (χ2n) is 12.3. The highest BCUT2D eigenvalue weighted by molar-refractivity contribution is 5.97. The number of carboxylic acid groups (broad SMARTS) is 1. The van der Waals surface area contributed by atoms with Crippen molar-refractivity contribution in [3.8, 4) is 5.75 Å². The van der Waals surface area contributed by atoms with E-state index in [-0.39, 0.29) is 12.2 Å². The third-order valence-corrected chi connectivity index (χ3v) is 7.85. The van der Waals surface area contributed by atoms with Gasteiger partial charge in [-0.15, -0.1) is 0 Å². The first kappa shape index (κ1) is 41.0. The standard InChI is InChI=1S/C36H55N3O8/c1-4-5-6-9-12-15-28(40)16-13-10-7-8-11-14-17-30(36(46,35(38)45)25-32(37)41)33(42)39-31(34(43)44)24-27-18-20-29(21-19-27)47-23-22-26(2)3/h14,17-22,30-31,46H,4-13,15-16,23-25H2,1-3H3,(H2,37,41)(H2,38,45)(H,39,42)(H,43,44)/b17-14+/t30-,31+,36+/m1/s1. The van der Waals surface area contributed by atoms with Crippen LogP contribution in [0.15, 0.2) is 48.1 Å². The zero-order valence-electron chi connectivity index (χ0n) is 28.3. The summed E-state index contributed by atoms with van der Waals surface area (Å²) in [5.41, 5.74) is 9.72. The van der Waals surface area contributed by atoms with Crippen molar-refractivity contribution in [3.63, 3.8) is 0 Å². The Morgan fingerprint density at radius 1 is 0.915 bits per heavy atom. The van der Waals surface area contributed by atoms with Crippen LogP contribution in [-0.2, 0) is 30.4 Å². The van der Waals surface area contributed by atoms with E-state index >= 15 is 0 Å². The number of allylic oxidation sites excluding steroid dienone is 2. The Balaban J connectivity index is 2.84. The molecule has 0 heterocycles. The number of benzene rings is 1. The van der Waals surface area contributed by atoms with Crippen LogP contribution in [0.1, 0.15) is 110 Å². The zero-order chi connectivity index (χ0) is 35.2. The van der Waals surface area contributed by atoms with E-state index in [2.05, 4.69) is 12.2 Å². The number of rotatable bonds is 26. The predicted octanol–water partition coefficient (Wildman–Crippen LogP) is 4.68. The molecule has 0 aliphatic rings. The molecule has 7 N–H and O–H groups in total. The molecule has 11 heteroatoms. The van der Waals surface area contributed by atoms with Gasteiger partial charge in [0, 0.05) is 19.3 Å². The monoisotopic (exact) mass is 657 g/mol. The summed E-state index contributed by atoms with van der Waals surface area (Å²) in [7, 11) is 0. The molecule has 0 saturated carbocycles. The van der Waals surface area contributed by atoms with Gasteiger partial charge in [-0.05, 0) is 63.3 Å². The van der Waals surface area contributed by atoms with E-state index < -0.39 is 47.7 Å². The van der Waals surface area contributed by atoms with Crippen LogP contribution in [0.4, 0.5) is 0 Å². The average molecular weight is 658 g/mol. The number of Topliss-reactive ketones (excluding diaryl/α,β-unsaturated/α-hetero) is 1. The first-order chi connectivity index (χ1) is 22.3. The second-order valence-corrected chi connectivity index (χ2v) is 12.3. The molecule has 0 aromatic heterocycles. The highest BCUT2D eigenvalue weighted by Gasteiger charge is 2.47. The summed E-state index contributed by atoms with van der Waals surface area (Å²) in [5.74, 6) is -5.52. The topological polar surface area (TPSA) is 199 Å². The van der Waals surface area contributed by atoms with Crippen molar-refractivity contribution in [2.24, 2.45) is 17.4 Å². The molecule has 0 saturated heterocycles. The number of hydrogen-bond acceptors (Lipinski definition) is 7. The Bertz CT molecular complexity index is 1210. The molecule has 0 radical (unpaired) electrons. The van der Waals surface area contributed by atoms with Gasteiger partial charge in [-0.3, -0.25) is 19.2 Å². The predicted molar refractivity (Wildman–Crippen MR) is 181 cm³/mol. The smallest absolute Gasteiger partial charge is 0.326 e. The van der Waals surface area contributed by atoms with E-state index in [9.17, 15) is 34.2 Å². The number of amides is 3. The first-order valence-electron chi connectivity index (χ1n) is 16.7. The van der Waals surface area contributed by atoms with Crippen LogP contribution in [0.25, 0.3) is 0 Å². The highest BCUT2D eigenvalue weighted by Crippen LogP contribution is 2.25. The Hall–Kier alpha value is -3.99. The van der Waals surface area contributed by atoms with Crippen LogP contribution in [0.2, 0.25) is 0 Å². The molecule has 1 aromatic rings. The normalized spacial score (nSPS) is 13.7. The number of carboxylic acids is 1. The van der Waals surface area contributed by atoms with Crippen LogP contribution in [0.3, 0.4) is 0 Å². The number of carbonyl (C=O) groups excluding carboxylic acids is 4. The van der Waals surface area contributed by atoms with Crippen molar-refractivity contribution in [2.45, 2.75) is 122 Å². The largest absolute Gasteiger partial charge is 0.490 e. The Labute approximate surface area is 279 Å². The van der Waals surface area contributed by atoms with E-state index in [1.807, 2.05) is 19.9 Å². The first-order valence-corrected chi connectivity index (χ1v) is 16.7. The van der Waals surface area contributed by atoms with E-state index in [4.69, 9.17) is 16.2 Å². The molecule has 0 bridgehead atoms.